The molecule has 0 aliphatic carbocycles. The summed E-state index contributed by atoms with van der Waals surface area (Å²) >= 11 is 0. The maximum atomic E-state index is 6.17. The minimum absolute atomic E-state index is 0.186. The smallest absolute Gasteiger partial charge is 0.161 e. The average molecular weight is 445 g/mol. The highest BCUT2D eigenvalue weighted by atomic mass is 16.5. The van der Waals surface area contributed by atoms with Gasteiger partial charge in [0.25, 0.3) is 0 Å². The van der Waals surface area contributed by atoms with Crippen LogP contribution in [0.5, 0.6) is 11.5 Å². The Morgan fingerprint density at radius 1 is 0.818 bits per heavy atom. The van der Waals surface area contributed by atoms with Gasteiger partial charge in [-0.3, -0.25) is 4.90 Å². The molecule has 0 amide bonds. The highest BCUT2D eigenvalue weighted by molar-refractivity contribution is 5.47. The van der Waals surface area contributed by atoms with Gasteiger partial charge in [0, 0.05) is 19.6 Å². The first-order valence-electron chi connectivity index (χ1n) is 12.1. The summed E-state index contributed by atoms with van der Waals surface area (Å²) in [7, 11) is 0. The number of hydrogen-bond acceptors (Lipinski definition) is 4. The van der Waals surface area contributed by atoms with Gasteiger partial charge in [-0.25, -0.2) is 0 Å². The van der Waals surface area contributed by atoms with E-state index in [1.807, 2.05) is 25.1 Å². The summed E-state index contributed by atoms with van der Waals surface area (Å²) in [6, 6.07) is 23.8. The van der Waals surface area contributed by atoms with Crippen molar-refractivity contribution in [3.63, 3.8) is 0 Å². The van der Waals surface area contributed by atoms with Gasteiger partial charge in [0.1, 0.15) is 6.61 Å². The van der Waals surface area contributed by atoms with Crippen LogP contribution >= 0.6 is 0 Å². The third-order valence-electron chi connectivity index (χ3n) is 6.12. The SMILES string of the molecule is CCOc1cc(C(c2cc(C)cc(C)c2)N2CCCNCC2)ccc1OCc1ccccc1. The van der Waals surface area contributed by atoms with Crippen LogP contribution in [0.4, 0.5) is 0 Å². The molecule has 1 unspecified atom stereocenters. The van der Waals surface area contributed by atoms with E-state index in [1.54, 1.807) is 0 Å². The Kier molecular flexibility index (Phi) is 8.03. The quantitative estimate of drug-likeness (QED) is 0.486. The Labute approximate surface area is 198 Å². The third kappa shape index (κ3) is 6.16. The molecule has 3 aromatic rings. The highest BCUT2D eigenvalue weighted by Crippen LogP contribution is 2.36. The van der Waals surface area contributed by atoms with Gasteiger partial charge in [-0.1, -0.05) is 65.7 Å². The lowest BCUT2D eigenvalue weighted by molar-refractivity contribution is 0.238. The standard InChI is InChI=1S/C29H36N2O2/c1-4-32-28-20-25(11-12-27(28)33-21-24-9-6-5-7-10-24)29(31-15-8-13-30-14-16-31)26-18-22(2)17-23(3)19-26/h5-7,9-12,17-20,29-30H,4,8,13-16,21H2,1-3H3. The molecule has 1 aliphatic heterocycles. The Bertz CT molecular complexity index is 1010. The second-order valence-corrected chi connectivity index (χ2v) is 8.88. The van der Waals surface area contributed by atoms with Crippen LogP contribution in [0.2, 0.25) is 0 Å². The van der Waals surface area contributed by atoms with E-state index in [9.17, 15) is 0 Å². The number of rotatable bonds is 8. The van der Waals surface area contributed by atoms with E-state index in [1.165, 1.54) is 22.3 Å². The fraction of sp³-hybridized carbons (Fsp3) is 0.379. The molecule has 3 aromatic carbocycles. The van der Waals surface area contributed by atoms with Crippen molar-refractivity contribution in [1.29, 1.82) is 0 Å². The number of hydrogen-bond donors (Lipinski definition) is 1. The monoisotopic (exact) mass is 444 g/mol. The van der Waals surface area contributed by atoms with Crippen LogP contribution in [0.25, 0.3) is 0 Å². The lowest BCUT2D eigenvalue weighted by atomic mass is 9.93. The molecule has 4 heteroatoms. The van der Waals surface area contributed by atoms with Gasteiger partial charge in [0.2, 0.25) is 0 Å². The summed E-state index contributed by atoms with van der Waals surface area (Å²) in [5.74, 6) is 1.61. The van der Waals surface area contributed by atoms with E-state index in [4.69, 9.17) is 9.47 Å². The van der Waals surface area contributed by atoms with E-state index in [0.29, 0.717) is 13.2 Å². The van der Waals surface area contributed by atoms with Crippen molar-refractivity contribution in [2.75, 3.05) is 32.8 Å². The summed E-state index contributed by atoms with van der Waals surface area (Å²) in [6.45, 7) is 11.7. The average Bonchev–Trinajstić information content (AvgIpc) is 3.08. The predicted octanol–water partition coefficient (Wildman–Crippen LogP) is 5.67. The van der Waals surface area contributed by atoms with Crippen LogP contribution in [0.15, 0.2) is 66.7 Å². The number of nitrogens with zero attached hydrogens (tertiary/aromatic N) is 1. The molecule has 0 saturated carbocycles. The zero-order valence-electron chi connectivity index (χ0n) is 20.1. The van der Waals surface area contributed by atoms with Gasteiger partial charge in [-0.05, 0) is 62.6 Å². The van der Waals surface area contributed by atoms with Crippen LogP contribution in [0, 0.1) is 13.8 Å². The first-order valence-corrected chi connectivity index (χ1v) is 12.1. The molecule has 4 nitrogen and oxygen atoms in total. The van der Waals surface area contributed by atoms with E-state index in [0.717, 1.165) is 49.7 Å². The first kappa shape index (κ1) is 23.3. The Morgan fingerprint density at radius 2 is 1.61 bits per heavy atom. The predicted molar refractivity (Wildman–Crippen MR) is 135 cm³/mol. The van der Waals surface area contributed by atoms with Crippen molar-refractivity contribution < 1.29 is 9.47 Å². The Morgan fingerprint density at radius 3 is 2.36 bits per heavy atom. The zero-order chi connectivity index (χ0) is 23.0. The topological polar surface area (TPSA) is 33.7 Å². The van der Waals surface area contributed by atoms with Crippen LogP contribution in [-0.4, -0.2) is 37.7 Å². The molecule has 1 aliphatic rings. The molecular formula is C29H36N2O2. The molecule has 1 atom stereocenters. The maximum absolute atomic E-state index is 6.17. The number of aryl methyl sites for hydroxylation is 2. The minimum atomic E-state index is 0.186. The van der Waals surface area contributed by atoms with Gasteiger partial charge in [0.05, 0.1) is 12.6 Å². The van der Waals surface area contributed by atoms with Crippen molar-refractivity contribution in [3.05, 3.63) is 94.5 Å². The Balaban J connectivity index is 1.68. The molecular weight excluding hydrogens is 408 g/mol. The summed E-state index contributed by atoms with van der Waals surface area (Å²) in [4.78, 5) is 2.60. The molecule has 33 heavy (non-hydrogen) atoms. The Hall–Kier alpha value is -2.82. The second kappa shape index (κ2) is 11.4. The van der Waals surface area contributed by atoms with Crippen molar-refractivity contribution in [2.45, 2.75) is 39.8 Å². The van der Waals surface area contributed by atoms with E-state index >= 15 is 0 Å². The van der Waals surface area contributed by atoms with Crippen LogP contribution in [0.3, 0.4) is 0 Å². The molecule has 0 spiro atoms. The summed E-state index contributed by atoms with van der Waals surface area (Å²) in [5.41, 5.74) is 6.34. The normalized spacial score (nSPS) is 15.6. The van der Waals surface area contributed by atoms with E-state index in [2.05, 4.69) is 72.6 Å². The number of benzene rings is 3. The van der Waals surface area contributed by atoms with Crippen molar-refractivity contribution in [1.82, 2.24) is 10.2 Å². The molecule has 0 bridgehead atoms. The lowest BCUT2D eigenvalue weighted by Crippen LogP contribution is -2.33. The van der Waals surface area contributed by atoms with Gasteiger partial charge < -0.3 is 14.8 Å². The molecule has 174 valence electrons. The fourth-order valence-electron chi connectivity index (χ4n) is 4.72. The molecule has 0 aromatic heterocycles. The largest absolute Gasteiger partial charge is 0.490 e. The second-order valence-electron chi connectivity index (χ2n) is 8.88. The van der Waals surface area contributed by atoms with Gasteiger partial charge in [-0.2, -0.15) is 0 Å². The summed E-state index contributed by atoms with van der Waals surface area (Å²) in [5, 5.41) is 3.54. The van der Waals surface area contributed by atoms with Crippen LogP contribution in [-0.2, 0) is 6.61 Å². The van der Waals surface area contributed by atoms with Crippen LogP contribution in [0.1, 0.15) is 47.2 Å². The van der Waals surface area contributed by atoms with Crippen molar-refractivity contribution in [2.24, 2.45) is 0 Å². The molecule has 4 rings (SSSR count). The molecule has 1 heterocycles. The fourth-order valence-corrected chi connectivity index (χ4v) is 4.72. The highest BCUT2D eigenvalue weighted by Gasteiger charge is 2.25. The van der Waals surface area contributed by atoms with Crippen LogP contribution < -0.4 is 14.8 Å². The van der Waals surface area contributed by atoms with Gasteiger partial charge in [0.15, 0.2) is 11.5 Å². The molecule has 1 N–H and O–H groups in total. The summed E-state index contributed by atoms with van der Waals surface area (Å²) in [6.07, 6.45) is 1.15. The van der Waals surface area contributed by atoms with Crippen molar-refractivity contribution in [3.8, 4) is 11.5 Å². The molecule has 1 fully saturated rings. The molecule has 1 saturated heterocycles. The first-order chi connectivity index (χ1) is 16.1. The van der Waals surface area contributed by atoms with E-state index in [-0.39, 0.29) is 6.04 Å². The summed E-state index contributed by atoms with van der Waals surface area (Å²) < 4.78 is 12.2. The number of nitrogens with one attached hydrogen (secondary N) is 1. The maximum Gasteiger partial charge on any atom is 0.161 e. The third-order valence-corrected chi connectivity index (χ3v) is 6.12. The van der Waals surface area contributed by atoms with Gasteiger partial charge >= 0.3 is 0 Å². The number of ether oxygens (including phenoxy) is 2. The van der Waals surface area contributed by atoms with Crippen molar-refractivity contribution >= 4 is 0 Å². The minimum Gasteiger partial charge on any atom is -0.490 e. The lowest BCUT2D eigenvalue weighted by Gasteiger charge is -2.32. The van der Waals surface area contributed by atoms with Gasteiger partial charge in [-0.15, -0.1) is 0 Å². The van der Waals surface area contributed by atoms with E-state index < -0.39 is 0 Å². The zero-order valence-corrected chi connectivity index (χ0v) is 20.1. The molecule has 0 radical (unpaired) electrons.